The summed E-state index contributed by atoms with van der Waals surface area (Å²) in [5.74, 6) is 0.987. The van der Waals surface area contributed by atoms with Crippen LogP contribution in [0.15, 0.2) is 61.3 Å². The number of nitrogens with zero attached hydrogens (tertiary/aromatic N) is 5. The Labute approximate surface area is 186 Å². The van der Waals surface area contributed by atoms with Crippen molar-refractivity contribution in [1.82, 2.24) is 24.3 Å². The molecule has 0 saturated heterocycles. The van der Waals surface area contributed by atoms with Gasteiger partial charge in [0.05, 0.1) is 34.7 Å². The van der Waals surface area contributed by atoms with E-state index in [0.29, 0.717) is 5.69 Å². The SMILES string of the molecule is CNc1cc2ncc(-c3cc(Nc4ncc5c(C(F)(F)F)cccn45)cnc3C)cc2cn1. The van der Waals surface area contributed by atoms with Crippen molar-refractivity contribution in [2.24, 2.45) is 0 Å². The maximum absolute atomic E-state index is 13.3. The molecule has 0 spiro atoms. The number of fused-ring (bicyclic) bond motifs is 2. The number of imidazole rings is 1. The highest BCUT2D eigenvalue weighted by molar-refractivity contribution is 5.85. The van der Waals surface area contributed by atoms with E-state index in [1.165, 1.54) is 22.9 Å². The van der Waals surface area contributed by atoms with Crippen LogP contribution in [0.4, 0.5) is 30.6 Å². The molecule has 166 valence electrons. The first kappa shape index (κ1) is 20.7. The van der Waals surface area contributed by atoms with Gasteiger partial charge in [-0.1, -0.05) is 0 Å². The zero-order valence-corrected chi connectivity index (χ0v) is 17.6. The summed E-state index contributed by atoms with van der Waals surface area (Å²) in [6.45, 7) is 1.88. The van der Waals surface area contributed by atoms with Gasteiger partial charge in [-0.2, -0.15) is 13.2 Å². The van der Waals surface area contributed by atoms with Gasteiger partial charge in [-0.3, -0.25) is 14.4 Å². The lowest BCUT2D eigenvalue weighted by atomic mass is 10.0. The minimum absolute atomic E-state index is 0.0278. The van der Waals surface area contributed by atoms with Gasteiger partial charge in [0, 0.05) is 53.9 Å². The number of aryl methyl sites for hydroxylation is 1. The van der Waals surface area contributed by atoms with E-state index in [1.54, 1.807) is 25.6 Å². The summed E-state index contributed by atoms with van der Waals surface area (Å²) in [4.78, 5) is 17.5. The molecule has 0 saturated carbocycles. The van der Waals surface area contributed by atoms with Gasteiger partial charge in [0.1, 0.15) is 5.82 Å². The van der Waals surface area contributed by atoms with Gasteiger partial charge in [-0.25, -0.2) is 9.97 Å². The fourth-order valence-corrected chi connectivity index (χ4v) is 3.68. The molecule has 0 aliphatic carbocycles. The van der Waals surface area contributed by atoms with Crippen LogP contribution in [0.5, 0.6) is 0 Å². The molecule has 2 N–H and O–H groups in total. The molecular weight excluding hydrogens is 431 g/mol. The van der Waals surface area contributed by atoms with E-state index in [4.69, 9.17) is 0 Å². The van der Waals surface area contributed by atoms with Crippen LogP contribution < -0.4 is 10.6 Å². The molecular formula is C23H18F3N7. The van der Waals surface area contributed by atoms with Gasteiger partial charge in [-0.05, 0) is 31.2 Å². The van der Waals surface area contributed by atoms with E-state index >= 15 is 0 Å². The molecule has 5 aromatic heterocycles. The molecule has 10 heteroatoms. The Morgan fingerprint density at radius 1 is 0.939 bits per heavy atom. The van der Waals surface area contributed by atoms with Crippen LogP contribution in [0.2, 0.25) is 0 Å². The molecule has 0 aromatic carbocycles. The number of alkyl halides is 3. The van der Waals surface area contributed by atoms with E-state index < -0.39 is 11.7 Å². The van der Waals surface area contributed by atoms with Crippen LogP contribution in [-0.2, 0) is 6.18 Å². The lowest BCUT2D eigenvalue weighted by Crippen LogP contribution is -2.07. The first-order valence-electron chi connectivity index (χ1n) is 10.0. The standard InChI is InChI=1S/C23H18F3N7/c1-13-17(14-6-15-10-30-21(27-2)8-19(15)29-9-14)7-16(11-28-13)32-22-31-12-20-18(23(24,25)26)4-3-5-33(20)22/h3-12H,1-2H3,(H,27,30)(H,31,32). The Bertz CT molecular complexity index is 1490. The number of anilines is 3. The van der Waals surface area contributed by atoms with E-state index in [0.717, 1.165) is 39.6 Å². The maximum Gasteiger partial charge on any atom is 0.418 e. The van der Waals surface area contributed by atoms with Gasteiger partial charge in [0.15, 0.2) is 0 Å². The van der Waals surface area contributed by atoms with Crippen LogP contribution in [-0.4, -0.2) is 31.4 Å². The second-order valence-corrected chi connectivity index (χ2v) is 7.47. The molecule has 5 heterocycles. The first-order chi connectivity index (χ1) is 15.8. The summed E-state index contributed by atoms with van der Waals surface area (Å²) < 4.78 is 41.3. The number of rotatable bonds is 4. The lowest BCUT2D eigenvalue weighted by molar-refractivity contribution is -0.136. The molecule has 5 aromatic rings. The number of hydrogen-bond donors (Lipinski definition) is 2. The van der Waals surface area contributed by atoms with Crippen LogP contribution >= 0.6 is 0 Å². The van der Waals surface area contributed by atoms with Gasteiger partial charge >= 0.3 is 6.18 Å². The predicted molar refractivity (Wildman–Crippen MR) is 121 cm³/mol. The van der Waals surface area contributed by atoms with Crippen molar-refractivity contribution in [3.63, 3.8) is 0 Å². The smallest absolute Gasteiger partial charge is 0.373 e. The first-order valence-corrected chi connectivity index (χ1v) is 10.0. The Kier molecular flexibility index (Phi) is 4.85. The van der Waals surface area contributed by atoms with E-state index in [2.05, 4.69) is 30.6 Å². The molecule has 0 aliphatic heterocycles. The van der Waals surface area contributed by atoms with Crippen LogP contribution in [0.1, 0.15) is 11.3 Å². The van der Waals surface area contributed by atoms with Crippen molar-refractivity contribution >= 4 is 33.9 Å². The number of nitrogens with one attached hydrogen (secondary N) is 2. The molecule has 0 radical (unpaired) electrons. The third-order valence-corrected chi connectivity index (χ3v) is 5.35. The van der Waals surface area contributed by atoms with Crippen molar-refractivity contribution in [2.75, 3.05) is 17.7 Å². The Morgan fingerprint density at radius 3 is 2.58 bits per heavy atom. The number of pyridine rings is 4. The monoisotopic (exact) mass is 449 g/mol. The van der Waals surface area contributed by atoms with E-state index in [1.807, 2.05) is 25.1 Å². The molecule has 0 atom stereocenters. The topological polar surface area (TPSA) is 80.0 Å². The maximum atomic E-state index is 13.3. The van der Waals surface area contributed by atoms with Crippen molar-refractivity contribution in [3.05, 3.63) is 72.6 Å². The molecule has 0 fully saturated rings. The quantitative estimate of drug-likeness (QED) is 0.380. The highest BCUT2D eigenvalue weighted by atomic mass is 19.4. The normalized spacial score (nSPS) is 11.8. The fraction of sp³-hybridized carbons (Fsp3) is 0.130. The average molecular weight is 449 g/mol. The third kappa shape index (κ3) is 3.79. The molecule has 5 rings (SSSR count). The van der Waals surface area contributed by atoms with Crippen molar-refractivity contribution < 1.29 is 13.2 Å². The second-order valence-electron chi connectivity index (χ2n) is 7.47. The summed E-state index contributed by atoms with van der Waals surface area (Å²) in [5.41, 5.74) is 3.09. The number of aromatic nitrogens is 5. The third-order valence-electron chi connectivity index (χ3n) is 5.35. The molecule has 33 heavy (non-hydrogen) atoms. The molecule has 0 unspecified atom stereocenters. The minimum Gasteiger partial charge on any atom is -0.373 e. The van der Waals surface area contributed by atoms with Crippen molar-refractivity contribution in [3.8, 4) is 11.1 Å². The van der Waals surface area contributed by atoms with Crippen LogP contribution in [0, 0.1) is 6.92 Å². The molecule has 0 amide bonds. The summed E-state index contributed by atoms with van der Waals surface area (Å²) in [6.07, 6.45) is 3.38. The highest BCUT2D eigenvalue weighted by Crippen LogP contribution is 2.34. The van der Waals surface area contributed by atoms with E-state index in [-0.39, 0.29) is 11.5 Å². The van der Waals surface area contributed by atoms with Crippen molar-refractivity contribution in [2.45, 2.75) is 13.1 Å². The average Bonchev–Trinajstić information content (AvgIpc) is 3.21. The predicted octanol–water partition coefficient (Wildman–Crippen LogP) is 5.45. The minimum atomic E-state index is -4.47. The highest BCUT2D eigenvalue weighted by Gasteiger charge is 2.33. The largest absolute Gasteiger partial charge is 0.418 e. The van der Waals surface area contributed by atoms with Gasteiger partial charge in [-0.15, -0.1) is 0 Å². The zero-order chi connectivity index (χ0) is 23.2. The van der Waals surface area contributed by atoms with Crippen LogP contribution in [0.25, 0.3) is 27.5 Å². The van der Waals surface area contributed by atoms with E-state index in [9.17, 15) is 13.2 Å². The molecule has 0 aliphatic rings. The Morgan fingerprint density at radius 2 is 1.79 bits per heavy atom. The number of halogens is 3. The Balaban J connectivity index is 1.52. The lowest BCUT2D eigenvalue weighted by Gasteiger charge is -2.12. The van der Waals surface area contributed by atoms with Gasteiger partial charge in [0.25, 0.3) is 0 Å². The summed E-state index contributed by atoms with van der Waals surface area (Å²) in [7, 11) is 1.79. The summed E-state index contributed by atoms with van der Waals surface area (Å²) in [5, 5.41) is 6.94. The number of hydrogen-bond acceptors (Lipinski definition) is 6. The van der Waals surface area contributed by atoms with Gasteiger partial charge in [0.2, 0.25) is 5.95 Å². The molecule has 7 nitrogen and oxygen atoms in total. The Hall–Kier alpha value is -4.21. The summed E-state index contributed by atoms with van der Waals surface area (Å²) in [6, 6.07) is 8.09. The summed E-state index contributed by atoms with van der Waals surface area (Å²) >= 11 is 0. The van der Waals surface area contributed by atoms with Crippen LogP contribution in [0.3, 0.4) is 0 Å². The zero-order valence-electron chi connectivity index (χ0n) is 17.6. The van der Waals surface area contributed by atoms with Crippen molar-refractivity contribution in [1.29, 1.82) is 0 Å². The molecule has 0 bridgehead atoms. The van der Waals surface area contributed by atoms with Gasteiger partial charge < -0.3 is 10.6 Å². The second kappa shape index (κ2) is 7.73. The fourth-order valence-electron chi connectivity index (χ4n) is 3.68.